The number of carbonyl (C=O) groups excluding carboxylic acids is 1. The zero-order valence-electron chi connectivity index (χ0n) is 20.6. The van der Waals surface area contributed by atoms with E-state index in [2.05, 4.69) is 66.9 Å². The lowest BCUT2D eigenvalue weighted by molar-refractivity contribution is -0.107. The summed E-state index contributed by atoms with van der Waals surface area (Å²) in [6.07, 6.45) is 5.48. The molecule has 2 unspecified atom stereocenters. The molecule has 0 aliphatic carbocycles. The molecule has 0 N–H and O–H groups in total. The van der Waals surface area contributed by atoms with E-state index in [0.717, 1.165) is 43.4 Å². The van der Waals surface area contributed by atoms with Crippen LogP contribution in [0.1, 0.15) is 61.4 Å². The highest BCUT2D eigenvalue weighted by molar-refractivity contribution is 5.60. The summed E-state index contributed by atoms with van der Waals surface area (Å²) in [5.41, 5.74) is 7.12. The molecule has 3 heteroatoms. The fourth-order valence-electron chi connectivity index (χ4n) is 4.66. The Morgan fingerprint density at radius 2 is 1.47 bits per heavy atom. The second-order valence-corrected chi connectivity index (χ2v) is 8.71. The summed E-state index contributed by atoms with van der Waals surface area (Å²) in [6.45, 7) is 10.5. The lowest BCUT2D eigenvalue weighted by atomic mass is 9.76. The van der Waals surface area contributed by atoms with Crippen molar-refractivity contribution in [1.29, 1.82) is 0 Å². The summed E-state index contributed by atoms with van der Waals surface area (Å²) >= 11 is 0. The van der Waals surface area contributed by atoms with Gasteiger partial charge in [0, 0.05) is 23.7 Å². The topological polar surface area (TPSA) is 20.3 Å². The molecule has 0 spiro atoms. The van der Waals surface area contributed by atoms with Crippen molar-refractivity contribution in [2.45, 2.75) is 58.9 Å². The minimum atomic E-state index is -0.231. The third kappa shape index (κ3) is 6.02. The number of nitrogens with zero attached hydrogens (tertiary/aromatic N) is 1. The SMILES string of the molecule is C=C1C(CCCc2ccc(C)cc2)C(c2ccc(CCC=O)cc2)N1c1ccc(F)cc1.CC. The van der Waals surface area contributed by atoms with Crippen LogP contribution >= 0.6 is 0 Å². The fourth-order valence-corrected chi connectivity index (χ4v) is 4.66. The zero-order chi connectivity index (χ0) is 24.5. The van der Waals surface area contributed by atoms with Gasteiger partial charge in [-0.05, 0) is 73.6 Å². The molecule has 3 aromatic rings. The first-order chi connectivity index (χ1) is 16.6. The first kappa shape index (κ1) is 25.4. The van der Waals surface area contributed by atoms with Gasteiger partial charge in [0.15, 0.2) is 0 Å². The van der Waals surface area contributed by atoms with Crippen molar-refractivity contribution in [1.82, 2.24) is 0 Å². The van der Waals surface area contributed by atoms with Crippen molar-refractivity contribution in [3.05, 3.63) is 113 Å². The Hall–Kier alpha value is -3.20. The third-order valence-electron chi connectivity index (χ3n) is 6.47. The van der Waals surface area contributed by atoms with Gasteiger partial charge in [-0.25, -0.2) is 4.39 Å². The van der Waals surface area contributed by atoms with Crippen LogP contribution in [-0.4, -0.2) is 6.29 Å². The van der Waals surface area contributed by atoms with Gasteiger partial charge in [-0.1, -0.05) is 74.5 Å². The van der Waals surface area contributed by atoms with Crippen LogP contribution in [0.3, 0.4) is 0 Å². The first-order valence-corrected chi connectivity index (χ1v) is 12.4. The first-order valence-electron chi connectivity index (χ1n) is 12.4. The molecule has 0 aromatic heterocycles. The van der Waals surface area contributed by atoms with Crippen molar-refractivity contribution in [2.75, 3.05) is 4.90 Å². The highest BCUT2D eigenvalue weighted by Gasteiger charge is 2.43. The van der Waals surface area contributed by atoms with Gasteiger partial charge in [0.25, 0.3) is 0 Å². The Kier molecular flexibility index (Phi) is 9.21. The molecule has 1 aliphatic heterocycles. The molecule has 0 bridgehead atoms. The minimum absolute atomic E-state index is 0.186. The monoisotopic (exact) mass is 457 g/mol. The van der Waals surface area contributed by atoms with E-state index in [1.165, 1.54) is 34.4 Å². The number of halogens is 1. The average molecular weight is 458 g/mol. The van der Waals surface area contributed by atoms with Crippen LogP contribution in [0, 0.1) is 18.7 Å². The van der Waals surface area contributed by atoms with Crippen LogP contribution in [0.25, 0.3) is 0 Å². The molecule has 0 amide bonds. The third-order valence-corrected chi connectivity index (χ3v) is 6.47. The Bertz CT molecular complexity index is 1050. The highest BCUT2D eigenvalue weighted by atomic mass is 19.1. The molecule has 2 atom stereocenters. The number of anilines is 1. The van der Waals surface area contributed by atoms with E-state index in [-0.39, 0.29) is 11.9 Å². The van der Waals surface area contributed by atoms with Crippen LogP contribution < -0.4 is 4.90 Å². The predicted octanol–water partition coefficient (Wildman–Crippen LogP) is 8.01. The van der Waals surface area contributed by atoms with Gasteiger partial charge in [0.05, 0.1) is 6.04 Å². The summed E-state index contributed by atoms with van der Waals surface area (Å²) in [6, 6.07) is 24.2. The van der Waals surface area contributed by atoms with E-state index in [4.69, 9.17) is 0 Å². The summed E-state index contributed by atoms with van der Waals surface area (Å²) in [4.78, 5) is 12.9. The molecule has 178 valence electrons. The summed E-state index contributed by atoms with van der Waals surface area (Å²) in [5, 5.41) is 0. The Morgan fingerprint density at radius 3 is 2.09 bits per heavy atom. The summed E-state index contributed by atoms with van der Waals surface area (Å²) in [5.74, 6) is 0.122. The largest absolute Gasteiger partial charge is 0.337 e. The number of hydrogen-bond donors (Lipinski definition) is 0. The average Bonchev–Trinajstić information content (AvgIpc) is 2.87. The minimum Gasteiger partial charge on any atom is -0.337 e. The maximum Gasteiger partial charge on any atom is 0.123 e. The van der Waals surface area contributed by atoms with Gasteiger partial charge in [-0.15, -0.1) is 0 Å². The van der Waals surface area contributed by atoms with E-state index < -0.39 is 0 Å². The van der Waals surface area contributed by atoms with Crippen molar-refractivity contribution in [3.63, 3.8) is 0 Å². The van der Waals surface area contributed by atoms with Crippen molar-refractivity contribution in [3.8, 4) is 0 Å². The molecule has 0 radical (unpaired) electrons. The zero-order valence-corrected chi connectivity index (χ0v) is 20.6. The van der Waals surface area contributed by atoms with Crippen molar-refractivity contribution in [2.24, 2.45) is 5.92 Å². The highest BCUT2D eigenvalue weighted by Crippen LogP contribution is 2.51. The second-order valence-electron chi connectivity index (χ2n) is 8.71. The van der Waals surface area contributed by atoms with Gasteiger partial charge in [0.1, 0.15) is 12.1 Å². The van der Waals surface area contributed by atoms with Crippen molar-refractivity contribution >= 4 is 12.0 Å². The molecular weight excluding hydrogens is 421 g/mol. The molecular formula is C31H36FNO. The molecule has 34 heavy (non-hydrogen) atoms. The van der Waals surface area contributed by atoms with Crippen LogP contribution in [0.5, 0.6) is 0 Å². The Morgan fingerprint density at radius 1 is 0.882 bits per heavy atom. The maximum atomic E-state index is 13.5. The molecule has 1 aliphatic rings. The number of aldehydes is 1. The Labute approximate surface area is 204 Å². The van der Waals surface area contributed by atoms with E-state index in [1.807, 2.05) is 26.0 Å². The van der Waals surface area contributed by atoms with E-state index >= 15 is 0 Å². The molecule has 1 heterocycles. The van der Waals surface area contributed by atoms with Crippen LogP contribution in [0.2, 0.25) is 0 Å². The maximum absolute atomic E-state index is 13.5. The van der Waals surface area contributed by atoms with E-state index in [0.29, 0.717) is 12.3 Å². The van der Waals surface area contributed by atoms with Gasteiger partial charge in [0.2, 0.25) is 0 Å². The molecule has 3 aromatic carbocycles. The quantitative estimate of drug-likeness (QED) is 0.303. The molecule has 4 rings (SSSR count). The number of rotatable bonds is 9. The van der Waals surface area contributed by atoms with E-state index in [1.54, 1.807) is 0 Å². The van der Waals surface area contributed by atoms with Crippen LogP contribution in [0.4, 0.5) is 10.1 Å². The molecule has 1 fully saturated rings. The fraction of sp³-hybridized carbons (Fsp3) is 0.323. The van der Waals surface area contributed by atoms with Gasteiger partial charge in [-0.3, -0.25) is 0 Å². The van der Waals surface area contributed by atoms with Gasteiger partial charge in [-0.2, -0.15) is 0 Å². The summed E-state index contributed by atoms with van der Waals surface area (Å²) in [7, 11) is 0. The number of aryl methyl sites for hydroxylation is 3. The molecule has 0 saturated carbocycles. The molecule has 1 saturated heterocycles. The Balaban J connectivity index is 0.00000158. The van der Waals surface area contributed by atoms with Crippen LogP contribution in [0.15, 0.2) is 85.1 Å². The van der Waals surface area contributed by atoms with Crippen LogP contribution in [-0.2, 0) is 17.6 Å². The van der Waals surface area contributed by atoms with Gasteiger partial charge < -0.3 is 9.69 Å². The smallest absolute Gasteiger partial charge is 0.123 e. The van der Waals surface area contributed by atoms with Gasteiger partial charge >= 0.3 is 0 Å². The normalized spacial score (nSPS) is 16.9. The second kappa shape index (κ2) is 12.3. The standard InChI is InChI=1S/C29H30FNO.C2H6/c1-21-8-10-23(11-9-21)5-3-7-28-22(2)31(27-18-16-26(30)17-19-27)29(28)25-14-12-24(13-15-25)6-4-20-32;1-2/h8-20,28-29H,2-7H2,1H3;1-2H3. The number of benzene rings is 3. The molecule has 2 nitrogen and oxygen atoms in total. The number of hydrogen-bond acceptors (Lipinski definition) is 2. The number of carbonyl (C=O) groups is 1. The van der Waals surface area contributed by atoms with Crippen molar-refractivity contribution < 1.29 is 9.18 Å². The van der Waals surface area contributed by atoms with E-state index in [9.17, 15) is 9.18 Å². The summed E-state index contributed by atoms with van der Waals surface area (Å²) < 4.78 is 13.5. The lowest BCUT2D eigenvalue weighted by Crippen LogP contribution is -2.47. The predicted molar refractivity (Wildman–Crippen MR) is 141 cm³/mol. The lowest BCUT2D eigenvalue weighted by Gasteiger charge is -2.52.